The minimum absolute atomic E-state index is 0.0640. The summed E-state index contributed by atoms with van der Waals surface area (Å²) in [6, 6.07) is 16.5. The molecule has 0 aliphatic carbocycles. The van der Waals surface area contributed by atoms with Crippen molar-refractivity contribution in [2.75, 3.05) is 5.32 Å². The lowest BCUT2D eigenvalue weighted by Gasteiger charge is -2.04. The molecule has 1 aromatic heterocycles. The number of aryl methyl sites for hydroxylation is 1. The number of rotatable bonds is 2. The maximum Gasteiger partial charge on any atom is 0.249 e. The first-order chi connectivity index (χ1) is 10.3. The van der Waals surface area contributed by atoms with Gasteiger partial charge >= 0.3 is 0 Å². The second-order valence-corrected chi connectivity index (χ2v) is 5.38. The Morgan fingerprint density at radius 2 is 1.90 bits per heavy atom. The molecule has 3 aromatic rings. The van der Waals surface area contributed by atoms with Crippen LogP contribution in [0.5, 0.6) is 0 Å². The highest BCUT2D eigenvalue weighted by atomic mass is 16.5. The standard InChI is InChI=1S/C17H15N3O/c1-11-6-8-12(9-7-11)16-19-17(21-20-16)15-10-13-4-2-3-5-14(13)18-15/h2-9,15,18H,10H2,1H3. The molecular weight excluding hydrogens is 262 g/mol. The summed E-state index contributed by atoms with van der Waals surface area (Å²) in [5.41, 5.74) is 4.64. The van der Waals surface area contributed by atoms with Gasteiger partial charge in [-0.3, -0.25) is 0 Å². The number of benzene rings is 2. The summed E-state index contributed by atoms with van der Waals surface area (Å²) in [6.07, 6.45) is 0.881. The van der Waals surface area contributed by atoms with Crippen LogP contribution in [0.25, 0.3) is 11.4 Å². The molecule has 0 saturated carbocycles. The number of nitrogens with one attached hydrogen (secondary N) is 1. The van der Waals surface area contributed by atoms with E-state index in [1.165, 1.54) is 11.1 Å². The molecule has 1 N–H and O–H groups in total. The van der Waals surface area contributed by atoms with Crippen LogP contribution in [0, 0.1) is 6.92 Å². The van der Waals surface area contributed by atoms with Gasteiger partial charge in [-0.15, -0.1) is 0 Å². The van der Waals surface area contributed by atoms with Gasteiger partial charge in [0.2, 0.25) is 11.7 Å². The van der Waals surface area contributed by atoms with Gasteiger partial charge in [-0.05, 0) is 18.6 Å². The number of nitrogens with zero attached hydrogens (tertiary/aromatic N) is 2. The van der Waals surface area contributed by atoms with Crippen molar-refractivity contribution in [2.45, 2.75) is 19.4 Å². The second kappa shape index (κ2) is 4.74. The number of hydrogen-bond acceptors (Lipinski definition) is 4. The third-order valence-electron chi connectivity index (χ3n) is 3.82. The molecule has 0 radical (unpaired) electrons. The third-order valence-corrected chi connectivity index (χ3v) is 3.82. The molecular formula is C17H15N3O. The van der Waals surface area contributed by atoms with E-state index in [2.05, 4.69) is 52.7 Å². The quantitative estimate of drug-likeness (QED) is 0.775. The van der Waals surface area contributed by atoms with Gasteiger partial charge in [-0.2, -0.15) is 4.98 Å². The van der Waals surface area contributed by atoms with E-state index in [9.17, 15) is 0 Å². The van der Waals surface area contributed by atoms with Crippen LogP contribution in [0.3, 0.4) is 0 Å². The van der Waals surface area contributed by atoms with E-state index in [4.69, 9.17) is 4.52 Å². The summed E-state index contributed by atoms with van der Waals surface area (Å²) in [6.45, 7) is 2.06. The number of fused-ring (bicyclic) bond motifs is 1. The Morgan fingerprint density at radius 3 is 2.71 bits per heavy atom. The van der Waals surface area contributed by atoms with Crippen LogP contribution in [0.15, 0.2) is 53.1 Å². The zero-order valence-electron chi connectivity index (χ0n) is 11.7. The summed E-state index contributed by atoms with van der Waals surface area (Å²) in [7, 11) is 0. The van der Waals surface area contributed by atoms with E-state index < -0.39 is 0 Å². The van der Waals surface area contributed by atoms with Crippen molar-refractivity contribution < 1.29 is 4.52 Å². The average Bonchev–Trinajstić information content (AvgIpc) is 3.14. The van der Waals surface area contributed by atoms with Gasteiger partial charge < -0.3 is 9.84 Å². The number of para-hydroxylation sites is 1. The summed E-state index contributed by atoms with van der Waals surface area (Å²) >= 11 is 0. The molecule has 4 rings (SSSR count). The monoisotopic (exact) mass is 277 g/mol. The Labute approximate surface area is 122 Å². The topological polar surface area (TPSA) is 51.0 Å². The van der Waals surface area contributed by atoms with Crippen molar-refractivity contribution in [3.63, 3.8) is 0 Å². The molecule has 2 heterocycles. The third kappa shape index (κ3) is 2.18. The lowest BCUT2D eigenvalue weighted by Crippen LogP contribution is -2.05. The highest BCUT2D eigenvalue weighted by molar-refractivity contribution is 5.58. The highest BCUT2D eigenvalue weighted by Gasteiger charge is 2.26. The summed E-state index contributed by atoms with van der Waals surface area (Å²) in [4.78, 5) is 4.53. The zero-order chi connectivity index (χ0) is 14.2. The second-order valence-electron chi connectivity index (χ2n) is 5.38. The van der Waals surface area contributed by atoms with E-state index in [0.29, 0.717) is 11.7 Å². The fraction of sp³-hybridized carbons (Fsp3) is 0.176. The predicted molar refractivity (Wildman–Crippen MR) is 81.0 cm³/mol. The van der Waals surface area contributed by atoms with Crippen molar-refractivity contribution in [3.05, 3.63) is 65.5 Å². The average molecular weight is 277 g/mol. The molecule has 1 atom stereocenters. The van der Waals surface area contributed by atoms with Gasteiger partial charge in [0.15, 0.2) is 0 Å². The largest absolute Gasteiger partial charge is 0.373 e. The minimum atomic E-state index is 0.0640. The Bertz CT molecular complexity index is 752. The highest BCUT2D eigenvalue weighted by Crippen LogP contribution is 2.33. The Kier molecular flexibility index (Phi) is 2.74. The Balaban J connectivity index is 1.60. The fourth-order valence-electron chi connectivity index (χ4n) is 2.64. The van der Waals surface area contributed by atoms with E-state index >= 15 is 0 Å². The van der Waals surface area contributed by atoms with Crippen LogP contribution in [-0.2, 0) is 6.42 Å². The van der Waals surface area contributed by atoms with E-state index in [1.807, 2.05) is 18.2 Å². The van der Waals surface area contributed by atoms with Crippen LogP contribution < -0.4 is 5.32 Å². The molecule has 0 saturated heterocycles. The summed E-state index contributed by atoms with van der Waals surface area (Å²) in [5.74, 6) is 1.28. The molecule has 21 heavy (non-hydrogen) atoms. The summed E-state index contributed by atoms with van der Waals surface area (Å²) < 4.78 is 5.44. The SMILES string of the molecule is Cc1ccc(-c2noc(C3Cc4ccccc4N3)n2)cc1. The maximum atomic E-state index is 5.44. The molecule has 2 aromatic carbocycles. The van der Waals surface area contributed by atoms with Gasteiger partial charge in [-0.1, -0.05) is 53.2 Å². The lowest BCUT2D eigenvalue weighted by molar-refractivity contribution is 0.364. The van der Waals surface area contributed by atoms with Crippen molar-refractivity contribution >= 4 is 5.69 Å². The molecule has 0 bridgehead atoms. The van der Waals surface area contributed by atoms with E-state index in [0.717, 1.165) is 17.7 Å². The van der Waals surface area contributed by atoms with Gasteiger partial charge in [-0.25, -0.2) is 0 Å². The van der Waals surface area contributed by atoms with Crippen LogP contribution >= 0.6 is 0 Å². The first kappa shape index (κ1) is 12.1. The number of hydrogen-bond donors (Lipinski definition) is 1. The van der Waals surface area contributed by atoms with Crippen LogP contribution in [-0.4, -0.2) is 10.1 Å². The van der Waals surface area contributed by atoms with Crippen LogP contribution in [0.2, 0.25) is 0 Å². The Morgan fingerprint density at radius 1 is 1.10 bits per heavy atom. The maximum absolute atomic E-state index is 5.44. The Hall–Kier alpha value is -2.62. The zero-order valence-corrected chi connectivity index (χ0v) is 11.7. The molecule has 1 aliphatic heterocycles. The van der Waals surface area contributed by atoms with Crippen molar-refractivity contribution in [1.29, 1.82) is 0 Å². The van der Waals surface area contributed by atoms with Gasteiger partial charge in [0.25, 0.3) is 0 Å². The van der Waals surface area contributed by atoms with Gasteiger partial charge in [0, 0.05) is 17.7 Å². The fourth-order valence-corrected chi connectivity index (χ4v) is 2.64. The van der Waals surface area contributed by atoms with Crippen molar-refractivity contribution in [3.8, 4) is 11.4 Å². The molecule has 1 unspecified atom stereocenters. The van der Waals surface area contributed by atoms with Gasteiger partial charge in [0.1, 0.15) is 6.04 Å². The number of aromatic nitrogens is 2. The molecule has 0 spiro atoms. The molecule has 4 nitrogen and oxygen atoms in total. The van der Waals surface area contributed by atoms with E-state index in [1.54, 1.807) is 0 Å². The molecule has 1 aliphatic rings. The molecule has 4 heteroatoms. The first-order valence-corrected chi connectivity index (χ1v) is 7.05. The molecule has 0 fully saturated rings. The number of anilines is 1. The lowest BCUT2D eigenvalue weighted by atomic mass is 10.1. The predicted octanol–water partition coefficient (Wildman–Crippen LogP) is 3.75. The van der Waals surface area contributed by atoms with Crippen molar-refractivity contribution in [2.24, 2.45) is 0 Å². The minimum Gasteiger partial charge on any atom is -0.373 e. The van der Waals surface area contributed by atoms with Crippen molar-refractivity contribution in [1.82, 2.24) is 10.1 Å². The van der Waals surface area contributed by atoms with E-state index in [-0.39, 0.29) is 6.04 Å². The normalized spacial score (nSPS) is 16.5. The molecule has 104 valence electrons. The van der Waals surface area contributed by atoms with Gasteiger partial charge in [0.05, 0.1) is 0 Å². The summed E-state index contributed by atoms with van der Waals surface area (Å²) in [5, 5.41) is 7.53. The van der Waals surface area contributed by atoms with Crippen LogP contribution in [0.1, 0.15) is 23.1 Å². The molecule has 0 amide bonds. The van der Waals surface area contributed by atoms with Crippen LogP contribution in [0.4, 0.5) is 5.69 Å². The smallest absolute Gasteiger partial charge is 0.249 e. The first-order valence-electron chi connectivity index (χ1n) is 7.05.